The fourth-order valence-corrected chi connectivity index (χ4v) is 3.90. The minimum Gasteiger partial charge on any atom is -0.336 e. The number of hydrogen-bond acceptors (Lipinski definition) is 4. The molecule has 0 bridgehead atoms. The second-order valence-corrected chi connectivity index (χ2v) is 6.89. The summed E-state index contributed by atoms with van der Waals surface area (Å²) in [6.45, 7) is 7.52. The van der Waals surface area contributed by atoms with Crippen molar-refractivity contribution in [3.05, 3.63) is 0 Å². The van der Waals surface area contributed by atoms with E-state index in [0.29, 0.717) is 13.1 Å². The van der Waals surface area contributed by atoms with Crippen LogP contribution in [0.3, 0.4) is 0 Å². The van der Waals surface area contributed by atoms with E-state index >= 15 is 0 Å². The van der Waals surface area contributed by atoms with E-state index in [1.54, 1.807) is 23.6 Å². The van der Waals surface area contributed by atoms with Gasteiger partial charge < -0.3 is 15.5 Å². The van der Waals surface area contributed by atoms with E-state index in [1.807, 2.05) is 18.7 Å². The molecule has 102 valence electrons. The molecule has 2 aliphatic heterocycles. The normalized spacial score (nSPS) is 23.4. The number of rotatable bonds is 2. The summed E-state index contributed by atoms with van der Waals surface area (Å²) in [6.07, 6.45) is 0. The molecule has 18 heavy (non-hydrogen) atoms. The van der Waals surface area contributed by atoms with Crippen LogP contribution in [0.15, 0.2) is 0 Å². The molecule has 0 unspecified atom stereocenters. The lowest BCUT2D eigenvalue weighted by Gasteiger charge is -2.51. The Hall–Kier alpha value is -0.750. The van der Waals surface area contributed by atoms with E-state index in [4.69, 9.17) is 5.73 Å². The first-order chi connectivity index (χ1) is 8.37. The molecule has 2 N–H and O–H groups in total. The van der Waals surface area contributed by atoms with Crippen LogP contribution in [0.2, 0.25) is 0 Å². The molecule has 2 aliphatic rings. The highest BCUT2D eigenvalue weighted by molar-refractivity contribution is 8.01. The molecule has 2 fully saturated rings. The van der Waals surface area contributed by atoms with Crippen molar-refractivity contribution in [3.63, 3.8) is 0 Å². The van der Waals surface area contributed by atoms with Crippen molar-refractivity contribution in [2.45, 2.75) is 31.7 Å². The standard InChI is InChI=1S/C12H21N3O2S/c1-8(2)10(13)11(17)15-4-5-18-12(15)6-14(7-12)9(3)16/h8,10H,4-7,13H2,1-3H3/t10-/m0/s1. The van der Waals surface area contributed by atoms with Gasteiger partial charge in [-0.3, -0.25) is 9.59 Å². The van der Waals surface area contributed by atoms with E-state index in [9.17, 15) is 9.59 Å². The molecule has 2 amide bonds. The highest BCUT2D eigenvalue weighted by atomic mass is 32.2. The van der Waals surface area contributed by atoms with Gasteiger partial charge in [-0.2, -0.15) is 0 Å². The largest absolute Gasteiger partial charge is 0.336 e. The predicted octanol–water partition coefficient (Wildman–Crippen LogP) is 0.104. The molecule has 0 aromatic heterocycles. The number of carbonyl (C=O) groups excluding carboxylic acids is 2. The second-order valence-electron chi connectivity index (χ2n) is 5.43. The van der Waals surface area contributed by atoms with Crippen LogP contribution in [0.1, 0.15) is 20.8 Å². The fourth-order valence-electron chi connectivity index (χ4n) is 2.42. The van der Waals surface area contributed by atoms with Crippen LogP contribution >= 0.6 is 11.8 Å². The van der Waals surface area contributed by atoms with Gasteiger partial charge in [0.05, 0.1) is 19.1 Å². The number of nitrogens with two attached hydrogens (primary N) is 1. The fraction of sp³-hybridized carbons (Fsp3) is 0.833. The quantitative estimate of drug-likeness (QED) is 0.774. The number of hydrogen-bond donors (Lipinski definition) is 1. The summed E-state index contributed by atoms with van der Waals surface area (Å²) in [5.41, 5.74) is 5.95. The Kier molecular flexibility index (Phi) is 3.60. The third-order valence-electron chi connectivity index (χ3n) is 3.77. The lowest BCUT2D eigenvalue weighted by Crippen LogP contribution is -2.69. The van der Waals surface area contributed by atoms with Crippen LogP contribution in [0.5, 0.6) is 0 Å². The van der Waals surface area contributed by atoms with Crippen molar-refractivity contribution in [1.29, 1.82) is 0 Å². The van der Waals surface area contributed by atoms with Gasteiger partial charge in [0, 0.05) is 19.2 Å². The van der Waals surface area contributed by atoms with Crippen LogP contribution in [0.4, 0.5) is 0 Å². The molecular weight excluding hydrogens is 250 g/mol. The van der Waals surface area contributed by atoms with Gasteiger partial charge in [-0.25, -0.2) is 0 Å². The molecule has 6 heteroatoms. The second kappa shape index (κ2) is 4.74. The van der Waals surface area contributed by atoms with Gasteiger partial charge in [0.25, 0.3) is 0 Å². The van der Waals surface area contributed by atoms with Crippen LogP contribution < -0.4 is 5.73 Å². The van der Waals surface area contributed by atoms with Crippen molar-refractivity contribution < 1.29 is 9.59 Å². The first kappa shape index (κ1) is 13.7. The minimum absolute atomic E-state index is 0.0261. The summed E-state index contributed by atoms with van der Waals surface area (Å²) in [5.74, 6) is 1.18. The molecule has 1 spiro atoms. The number of likely N-dealkylation sites (tertiary alicyclic amines) is 1. The van der Waals surface area contributed by atoms with Crippen molar-refractivity contribution in [3.8, 4) is 0 Å². The molecule has 0 aromatic rings. The Morgan fingerprint density at radius 1 is 1.33 bits per heavy atom. The van der Waals surface area contributed by atoms with Gasteiger partial charge in [0.15, 0.2) is 0 Å². The molecule has 0 aliphatic carbocycles. The maximum atomic E-state index is 12.4. The molecule has 2 saturated heterocycles. The maximum Gasteiger partial charge on any atom is 0.241 e. The first-order valence-corrected chi connectivity index (χ1v) is 7.32. The Morgan fingerprint density at radius 3 is 2.44 bits per heavy atom. The van der Waals surface area contributed by atoms with Crippen molar-refractivity contribution in [2.24, 2.45) is 11.7 Å². The predicted molar refractivity (Wildman–Crippen MR) is 72.0 cm³/mol. The molecular formula is C12H21N3O2S. The van der Waals surface area contributed by atoms with Gasteiger partial charge in [-0.05, 0) is 5.92 Å². The first-order valence-electron chi connectivity index (χ1n) is 6.34. The van der Waals surface area contributed by atoms with Crippen LogP contribution in [-0.2, 0) is 9.59 Å². The lowest BCUT2D eigenvalue weighted by atomic mass is 10.0. The maximum absolute atomic E-state index is 12.4. The summed E-state index contributed by atoms with van der Waals surface area (Å²) in [4.78, 5) is 27.1. The molecule has 5 nitrogen and oxygen atoms in total. The number of carbonyl (C=O) groups is 2. The third-order valence-corrected chi connectivity index (χ3v) is 5.17. The highest BCUT2D eigenvalue weighted by Crippen LogP contribution is 2.43. The van der Waals surface area contributed by atoms with Gasteiger partial charge in [0.1, 0.15) is 4.87 Å². The average Bonchev–Trinajstić information content (AvgIpc) is 2.68. The number of amides is 2. The topological polar surface area (TPSA) is 66.6 Å². The van der Waals surface area contributed by atoms with E-state index in [2.05, 4.69) is 0 Å². The summed E-state index contributed by atoms with van der Waals surface area (Å²) >= 11 is 1.77. The molecule has 2 heterocycles. The zero-order valence-electron chi connectivity index (χ0n) is 11.2. The summed E-state index contributed by atoms with van der Waals surface area (Å²) < 4.78 is 0. The van der Waals surface area contributed by atoms with Crippen LogP contribution in [0.25, 0.3) is 0 Å². The number of thioether (sulfide) groups is 1. The number of nitrogens with zero attached hydrogens (tertiary/aromatic N) is 2. The van der Waals surface area contributed by atoms with Crippen molar-refractivity contribution in [2.75, 3.05) is 25.4 Å². The zero-order chi connectivity index (χ0) is 13.5. The third kappa shape index (κ3) is 2.12. The van der Waals surface area contributed by atoms with E-state index in [-0.39, 0.29) is 22.6 Å². The van der Waals surface area contributed by atoms with Crippen molar-refractivity contribution >= 4 is 23.6 Å². The summed E-state index contributed by atoms with van der Waals surface area (Å²) in [6, 6.07) is -0.438. The average molecular weight is 271 g/mol. The van der Waals surface area contributed by atoms with E-state index < -0.39 is 6.04 Å². The minimum atomic E-state index is -0.438. The van der Waals surface area contributed by atoms with Gasteiger partial charge >= 0.3 is 0 Å². The molecule has 0 radical (unpaired) electrons. The Labute approximate surface area is 112 Å². The van der Waals surface area contributed by atoms with Gasteiger partial charge in [0.2, 0.25) is 11.8 Å². The van der Waals surface area contributed by atoms with Gasteiger partial charge in [-0.15, -0.1) is 11.8 Å². The zero-order valence-corrected chi connectivity index (χ0v) is 12.0. The molecule has 0 aromatic carbocycles. The van der Waals surface area contributed by atoms with E-state index in [1.165, 1.54) is 0 Å². The molecule has 0 saturated carbocycles. The SMILES string of the molecule is CC(=O)N1CC2(C1)SCCN2C(=O)[C@@H](N)C(C)C. The molecule has 2 rings (SSSR count). The van der Waals surface area contributed by atoms with E-state index in [0.717, 1.165) is 12.3 Å². The Morgan fingerprint density at radius 2 is 1.94 bits per heavy atom. The lowest BCUT2D eigenvalue weighted by molar-refractivity contribution is -0.148. The Balaban J connectivity index is 2.05. The molecule has 1 atom stereocenters. The van der Waals surface area contributed by atoms with Crippen LogP contribution in [0, 0.1) is 5.92 Å². The summed E-state index contributed by atoms with van der Waals surface area (Å²) in [5, 5.41) is 0. The van der Waals surface area contributed by atoms with Crippen LogP contribution in [-0.4, -0.2) is 57.9 Å². The Bertz CT molecular complexity index is 366. The van der Waals surface area contributed by atoms with Crippen molar-refractivity contribution in [1.82, 2.24) is 9.80 Å². The monoisotopic (exact) mass is 271 g/mol. The highest BCUT2D eigenvalue weighted by Gasteiger charge is 2.54. The van der Waals surface area contributed by atoms with Gasteiger partial charge in [-0.1, -0.05) is 13.8 Å². The smallest absolute Gasteiger partial charge is 0.241 e. The summed E-state index contributed by atoms with van der Waals surface area (Å²) in [7, 11) is 0.